The third-order valence-corrected chi connectivity index (χ3v) is 2.61. The van der Waals surface area contributed by atoms with Crippen LogP contribution in [0, 0.1) is 13.8 Å². The zero-order valence-corrected chi connectivity index (χ0v) is 10.3. The minimum Gasteiger partial charge on any atom is -0.457 e. The maximum absolute atomic E-state index is 11.0. The molecule has 4 heteroatoms. The van der Waals surface area contributed by atoms with Crippen LogP contribution in [-0.2, 0) is 0 Å². The smallest absolute Gasteiger partial charge is 0.267 e. The maximum Gasteiger partial charge on any atom is 0.267 e. The molecule has 1 aromatic heterocycles. The van der Waals surface area contributed by atoms with Crippen molar-refractivity contribution in [2.45, 2.75) is 13.8 Å². The lowest BCUT2D eigenvalue weighted by atomic mass is 10.1. The van der Waals surface area contributed by atoms with Crippen LogP contribution in [0.2, 0.25) is 0 Å². The molecule has 0 aliphatic carbocycles. The van der Waals surface area contributed by atoms with Gasteiger partial charge >= 0.3 is 0 Å². The summed E-state index contributed by atoms with van der Waals surface area (Å²) in [7, 11) is 0. The summed E-state index contributed by atoms with van der Waals surface area (Å²) in [5.41, 5.74) is 7.44. The molecule has 0 saturated carbocycles. The van der Waals surface area contributed by atoms with E-state index in [9.17, 15) is 4.79 Å². The number of rotatable bonds is 3. The molecule has 0 atom stereocenters. The number of primary amides is 1. The number of carbonyl (C=O) groups excluding carboxylic acids is 1. The van der Waals surface area contributed by atoms with Gasteiger partial charge in [0.2, 0.25) is 0 Å². The summed E-state index contributed by atoms with van der Waals surface area (Å²) < 4.78 is 5.78. The number of hydrogen-bond acceptors (Lipinski definition) is 3. The fraction of sp³-hybridized carbons (Fsp3) is 0.143. The number of nitrogens with zero attached hydrogens (tertiary/aromatic N) is 1. The summed E-state index contributed by atoms with van der Waals surface area (Å²) in [5, 5.41) is 0. The standard InChI is InChI=1S/C14H14N2O2/c1-9-4-3-5-10(2)13(9)18-11-6-7-16-12(8-11)14(15)17/h3-8H,1-2H3,(H2,15,17). The van der Waals surface area contributed by atoms with E-state index in [4.69, 9.17) is 10.5 Å². The molecule has 1 heterocycles. The Morgan fingerprint density at radius 3 is 2.50 bits per heavy atom. The molecule has 0 unspecified atom stereocenters. The van der Waals surface area contributed by atoms with Crippen LogP contribution in [0.15, 0.2) is 36.5 Å². The Morgan fingerprint density at radius 1 is 1.22 bits per heavy atom. The summed E-state index contributed by atoms with van der Waals surface area (Å²) in [6, 6.07) is 9.14. The second-order valence-corrected chi connectivity index (χ2v) is 4.06. The van der Waals surface area contributed by atoms with E-state index in [-0.39, 0.29) is 5.69 Å². The number of pyridine rings is 1. The van der Waals surface area contributed by atoms with Gasteiger partial charge in [0.25, 0.3) is 5.91 Å². The number of nitrogens with two attached hydrogens (primary N) is 1. The molecule has 1 aromatic carbocycles. The van der Waals surface area contributed by atoms with Gasteiger partial charge in [0.15, 0.2) is 0 Å². The van der Waals surface area contributed by atoms with E-state index in [1.54, 1.807) is 6.07 Å². The Kier molecular flexibility index (Phi) is 3.28. The highest BCUT2D eigenvalue weighted by Crippen LogP contribution is 2.28. The second kappa shape index (κ2) is 4.87. The molecule has 0 aliphatic rings. The topological polar surface area (TPSA) is 65.2 Å². The molecular formula is C14H14N2O2. The van der Waals surface area contributed by atoms with Crippen molar-refractivity contribution in [3.8, 4) is 11.5 Å². The molecule has 0 spiro atoms. The van der Waals surface area contributed by atoms with Crippen molar-refractivity contribution in [3.63, 3.8) is 0 Å². The number of hydrogen-bond donors (Lipinski definition) is 1. The highest BCUT2D eigenvalue weighted by atomic mass is 16.5. The largest absolute Gasteiger partial charge is 0.457 e. The summed E-state index contributed by atoms with van der Waals surface area (Å²) >= 11 is 0. The van der Waals surface area contributed by atoms with Crippen molar-refractivity contribution in [1.82, 2.24) is 4.98 Å². The van der Waals surface area contributed by atoms with Crippen molar-refractivity contribution >= 4 is 5.91 Å². The number of carbonyl (C=O) groups is 1. The third-order valence-electron chi connectivity index (χ3n) is 2.61. The monoisotopic (exact) mass is 242 g/mol. The van der Waals surface area contributed by atoms with Gasteiger partial charge in [-0.15, -0.1) is 0 Å². The molecule has 0 saturated heterocycles. The van der Waals surface area contributed by atoms with Crippen LogP contribution in [0.3, 0.4) is 0 Å². The number of para-hydroxylation sites is 1. The summed E-state index contributed by atoms with van der Waals surface area (Å²) in [5.74, 6) is 0.775. The zero-order valence-electron chi connectivity index (χ0n) is 10.3. The van der Waals surface area contributed by atoms with Gasteiger partial charge < -0.3 is 10.5 Å². The molecule has 0 fully saturated rings. The van der Waals surface area contributed by atoms with Crippen LogP contribution in [0.25, 0.3) is 0 Å². The summed E-state index contributed by atoms with van der Waals surface area (Å²) in [4.78, 5) is 14.9. The van der Waals surface area contributed by atoms with Gasteiger partial charge in [-0.05, 0) is 31.0 Å². The van der Waals surface area contributed by atoms with E-state index in [1.807, 2.05) is 32.0 Å². The molecule has 1 amide bonds. The van der Waals surface area contributed by atoms with Gasteiger partial charge in [-0.2, -0.15) is 0 Å². The van der Waals surface area contributed by atoms with Gasteiger partial charge in [-0.3, -0.25) is 9.78 Å². The molecule has 0 radical (unpaired) electrons. The first kappa shape index (κ1) is 12.1. The minimum absolute atomic E-state index is 0.193. The minimum atomic E-state index is -0.568. The number of aryl methyl sites for hydroxylation is 2. The van der Waals surface area contributed by atoms with Crippen molar-refractivity contribution in [2.75, 3.05) is 0 Å². The predicted octanol–water partition coefficient (Wildman–Crippen LogP) is 2.59. The van der Waals surface area contributed by atoms with E-state index in [0.29, 0.717) is 5.75 Å². The van der Waals surface area contributed by atoms with Gasteiger partial charge in [-0.1, -0.05) is 18.2 Å². The molecule has 4 nitrogen and oxygen atoms in total. The van der Waals surface area contributed by atoms with E-state index in [0.717, 1.165) is 16.9 Å². The Morgan fingerprint density at radius 2 is 1.89 bits per heavy atom. The number of aromatic nitrogens is 1. The Bertz CT molecular complexity index is 574. The predicted molar refractivity (Wildman–Crippen MR) is 68.7 cm³/mol. The average Bonchev–Trinajstić information content (AvgIpc) is 2.34. The van der Waals surface area contributed by atoms with Gasteiger partial charge in [-0.25, -0.2) is 0 Å². The normalized spacial score (nSPS) is 10.1. The Balaban J connectivity index is 2.34. The van der Waals surface area contributed by atoms with E-state index in [1.165, 1.54) is 12.3 Å². The first-order valence-corrected chi connectivity index (χ1v) is 5.58. The summed E-state index contributed by atoms with van der Waals surface area (Å²) in [6.07, 6.45) is 1.50. The van der Waals surface area contributed by atoms with Crippen molar-refractivity contribution in [3.05, 3.63) is 53.3 Å². The number of ether oxygens (including phenoxy) is 1. The average molecular weight is 242 g/mol. The van der Waals surface area contributed by atoms with Crippen LogP contribution in [0.5, 0.6) is 11.5 Å². The lowest BCUT2D eigenvalue weighted by Crippen LogP contribution is -2.12. The molecule has 0 aliphatic heterocycles. The number of amides is 1. The first-order chi connectivity index (χ1) is 8.58. The summed E-state index contributed by atoms with van der Waals surface area (Å²) in [6.45, 7) is 3.94. The molecule has 2 aromatic rings. The zero-order chi connectivity index (χ0) is 13.1. The van der Waals surface area contributed by atoms with Crippen LogP contribution < -0.4 is 10.5 Å². The van der Waals surface area contributed by atoms with E-state index < -0.39 is 5.91 Å². The van der Waals surface area contributed by atoms with Gasteiger partial charge in [0.05, 0.1) is 0 Å². The first-order valence-electron chi connectivity index (χ1n) is 5.58. The highest BCUT2D eigenvalue weighted by Gasteiger charge is 2.07. The lowest BCUT2D eigenvalue weighted by molar-refractivity contribution is 0.0995. The fourth-order valence-electron chi connectivity index (χ4n) is 1.69. The molecule has 92 valence electrons. The molecule has 0 bridgehead atoms. The quantitative estimate of drug-likeness (QED) is 0.899. The van der Waals surface area contributed by atoms with Crippen molar-refractivity contribution in [2.24, 2.45) is 5.73 Å². The van der Waals surface area contributed by atoms with Crippen LogP contribution in [0.4, 0.5) is 0 Å². The molecular weight excluding hydrogens is 228 g/mol. The van der Waals surface area contributed by atoms with E-state index in [2.05, 4.69) is 4.98 Å². The fourth-order valence-corrected chi connectivity index (χ4v) is 1.69. The molecule has 2 rings (SSSR count). The Labute approximate surface area is 105 Å². The number of benzene rings is 1. The molecule has 2 N–H and O–H groups in total. The van der Waals surface area contributed by atoms with Gasteiger partial charge in [0.1, 0.15) is 17.2 Å². The van der Waals surface area contributed by atoms with Gasteiger partial charge in [0, 0.05) is 12.3 Å². The third kappa shape index (κ3) is 2.48. The van der Waals surface area contributed by atoms with Crippen LogP contribution in [-0.4, -0.2) is 10.9 Å². The molecule has 18 heavy (non-hydrogen) atoms. The van der Waals surface area contributed by atoms with Crippen LogP contribution in [0.1, 0.15) is 21.6 Å². The highest BCUT2D eigenvalue weighted by molar-refractivity contribution is 5.91. The lowest BCUT2D eigenvalue weighted by Gasteiger charge is -2.11. The van der Waals surface area contributed by atoms with Crippen molar-refractivity contribution < 1.29 is 9.53 Å². The van der Waals surface area contributed by atoms with Crippen molar-refractivity contribution in [1.29, 1.82) is 0 Å². The maximum atomic E-state index is 11.0. The van der Waals surface area contributed by atoms with Crippen LogP contribution >= 0.6 is 0 Å². The Hall–Kier alpha value is -2.36. The SMILES string of the molecule is Cc1cccc(C)c1Oc1ccnc(C(N)=O)c1. The van der Waals surface area contributed by atoms with E-state index >= 15 is 0 Å². The second-order valence-electron chi connectivity index (χ2n) is 4.06.